The lowest BCUT2D eigenvalue weighted by atomic mass is 9.88. The molecule has 0 atom stereocenters. The van der Waals surface area contributed by atoms with E-state index >= 15 is 0 Å². The minimum Gasteiger partial charge on any atom is -0.382 e. The molecule has 5 heterocycles. The molecule has 0 aromatic carbocycles. The molecule has 5 rings (SSSR count). The van der Waals surface area contributed by atoms with E-state index in [4.69, 9.17) is 28.1 Å². The number of carbonyl (C=O) groups is 2. The molecular weight excluding hydrogens is 524 g/mol. The second-order valence-corrected chi connectivity index (χ2v) is 10.5. The highest BCUT2D eigenvalue weighted by atomic mass is 35.5. The average molecular weight is 555 g/mol. The lowest BCUT2D eigenvalue weighted by molar-refractivity contribution is -0.132. The lowest BCUT2D eigenvalue weighted by Crippen LogP contribution is -2.56. The molecule has 0 unspecified atom stereocenters. The van der Waals surface area contributed by atoms with E-state index in [9.17, 15) is 9.59 Å². The summed E-state index contributed by atoms with van der Waals surface area (Å²) in [5.74, 6) is 0.524. The number of hydrogen-bond acceptors (Lipinski definition) is 12. The van der Waals surface area contributed by atoms with E-state index in [1.54, 1.807) is 6.33 Å². The summed E-state index contributed by atoms with van der Waals surface area (Å²) >= 11 is 5.88. The number of nitrogens with two attached hydrogens (primary N) is 2. The van der Waals surface area contributed by atoms with Crippen LogP contribution in [-0.2, 0) is 11.2 Å². The Morgan fingerprint density at radius 3 is 2.69 bits per heavy atom. The van der Waals surface area contributed by atoms with Gasteiger partial charge in [-0.3, -0.25) is 24.9 Å². The first-order valence-corrected chi connectivity index (χ1v) is 13.1. The molecule has 206 valence electrons. The molecule has 15 heteroatoms. The van der Waals surface area contributed by atoms with Gasteiger partial charge in [-0.1, -0.05) is 11.6 Å². The van der Waals surface area contributed by atoms with Crippen molar-refractivity contribution in [2.45, 2.75) is 44.1 Å². The van der Waals surface area contributed by atoms with Crippen LogP contribution in [0.15, 0.2) is 16.3 Å². The number of aliphatic imine (C=N–C) groups is 2. The summed E-state index contributed by atoms with van der Waals surface area (Å²) in [6, 6.07) is 0. The van der Waals surface area contributed by atoms with Crippen molar-refractivity contribution in [3.05, 3.63) is 22.9 Å². The first-order valence-electron chi connectivity index (χ1n) is 12.7. The predicted octanol–water partition coefficient (Wildman–Crippen LogP) is 0.700. The van der Waals surface area contributed by atoms with Crippen LogP contribution in [0.5, 0.6) is 0 Å². The van der Waals surface area contributed by atoms with E-state index < -0.39 is 5.91 Å². The maximum Gasteiger partial charge on any atom is 0.280 e. The van der Waals surface area contributed by atoms with Gasteiger partial charge in [-0.2, -0.15) is 0 Å². The third-order valence-electron chi connectivity index (χ3n) is 7.15. The van der Waals surface area contributed by atoms with E-state index in [1.807, 2.05) is 23.9 Å². The van der Waals surface area contributed by atoms with E-state index in [0.717, 1.165) is 35.8 Å². The number of anilines is 3. The molecule has 3 aliphatic heterocycles. The number of guanidine groups is 1. The summed E-state index contributed by atoms with van der Waals surface area (Å²) in [7, 11) is 3.87. The number of nitrogens with one attached hydrogen (secondary N) is 2. The molecule has 6 N–H and O–H groups in total. The molecule has 2 aromatic rings. The average Bonchev–Trinajstić information content (AvgIpc) is 3.49. The first kappa shape index (κ1) is 26.5. The summed E-state index contributed by atoms with van der Waals surface area (Å²) in [6.07, 6.45) is 5.65. The molecule has 1 saturated heterocycles. The Hall–Kier alpha value is -4.07. The molecule has 2 aromatic heterocycles. The Morgan fingerprint density at radius 2 is 1.95 bits per heavy atom. The van der Waals surface area contributed by atoms with Crippen LogP contribution in [0.25, 0.3) is 0 Å². The van der Waals surface area contributed by atoms with Crippen molar-refractivity contribution in [3.63, 3.8) is 0 Å². The van der Waals surface area contributed by atoms with Gasteiger partial charge < -0.3 is 26.6 Å². The van der Waals surface area contributed by atoms with Crippen LogP contribution < -0.4 is 27.0 Å². The molecular formula is C24H31ClN12O2. The number of amides is 2. The normalized spacial score (nSPS) is 17.4. The highest BCUT2D eigenvalue weighted by Crippen LogP contribution is 2.33. The topological polar surface area (TPSA) is 193 Å². The number of nitrogens with zero attached hydrogens (tertiary/aromatic N) is 8. The number of fused-ring (bicyclic) bond motifs is 1. The number of aromatic nitrogens is 4. The van der Waals surface area contributed by atoms with Crippen molar-refractivity contribution in [2.75, 3.05) is 50.1 Å². The molecule has 3 aliphatic rings. The smallest absolute Gasteiger partial charge is 0.280 e. The number of nitrogen functional groups attached to an aromatic ring is 2. The van der Waals surface area contributed by atoms with E-state index in [0.29, 0.717) is 51.3 Å². The van der Waals surface area contributed by atoms with Gasteiger partial charge >= 0.3 is 0 Å². The summed E-state index contributed by atoms with van der Waals surface area (Å²) in [6.45, 7) is 1.72. The van der Waals surface area contributed by atoms with E-state index in [1.165, 1.54) is 0 Å². The van der Waals surface area contributed by atoms with Gasteiger partial charge in [0.1, 0.15) is 12.0 Å². The number of hydrogen-bond donors (Lipinski definition) is 4. The second kappa shape index (κ2) is 10.6. The maximum atomic E-state index is 12.9. The number of piperidine rings is 1. The maximum absolute atomic E-state index is 12.9. The summed E-state index contributed by atoms with van der Waals surface area (Å²) in [4.78, 5) is 55.0. The molecule has 2 amide bonds. The van der Waals surface area contributed by atoms with Gasteiger partial charge in [0.05, 0.1) is 17.8 Å². The molecule has 14 nitrogen and oxygen atoms in total. The number of likely N-dealkylation sites (tertiary alicyclic amines) is 1. The van der Waals surface area contributed by atoms with E-state index in [-0.39, 0.29) is 33.9 Å². The standard InChI is InChI=1S/C24H31ClN12O2/c1-36(2)21-16-14(29-12-30-21)10-13(31-16)4-3-5-15(38)37-8-6-24(7-9-37)11-28-23(35-24)34-22(39)17-19(26)33-20(27)18(25)32-17/h12H,3-11H2,1-2H3,(H4,26,27,33)(H2,28,34,35,39). The Balaban J connectivity index is 1.07. The van der Waals surface area contributed by atoms with Crippen molar-refractivity contribution in [3.8, 4) is 0 Å². The Morgan fingerprint density at radius 1 is 1.18 bits per heavy atom. The van der Waals surface area contributed by atoms with Crippen LogP contribution in [0.3, 0.4) is 0 Å². The minimum atomic E-state index is -0.585. The molecule has 0 aliphatic carbocycles. The highest BCUT2D eigenvalue weighted by Gasteiger charge is 2.40. The summed E-state index contributed by atoms with van der Waals surface area (Å²) in [5, 5.41) is 5.89. The third-order valence-corrected chi connectivity index (χ3v) is 7.43. The predicted molar refractivity (Wildman–Crippen MR) is 148 cm³/mol. The Kier molecular flexibility index (Phi) is 7.21. The first-order chi connectivity index (χ1) is 18.6. The number of carbonyl (C=O) groups excluding carboxylic acids is 2. The fourth-order valence-corrected chi connectivity index (χ4v) is 5.11. The summed E-state index contributed by atoms with van der Waals surface area (Å²) in [5.41, 5.74) is 13.7. The fraction of sp³-hybridized carbons (Fsp3) is 0.500. The zero-order valence-electron chi connectivity index (χ0n) is 21.9. The molecule has 1 spiro atoms. The van der Waals surface area contributed by atoms with Gasteiger partial charge in [0.2, 0.25) is 5.91 Å². The van der Waals surface area contributed by atoms with Crippen molar-refractivity contribution in [1.29, 1.82) is 0 Å². The SMILES string of the molecule is CN(C)c1ncnc2c1N=C(CCCC(=O)N1CCC3(CC1)CN=C(NC(=O)c1nc(Cl)c(N)nc1N)N3)C2. The van der Waals surface area contributed by atoms with Gasteiger partial charge in [0, 0.05) is 45.7 Å². The Labute approximate surface area is 230 Å². The quantitative estimate of drug-likeness (QED) is 0.395. The van der Waals surface area contributed by atoms with Gasteiger partial charge in [-0.15, -0.1) is 0 Å². The van der Waals surface area contributed by atoms with Gasteiger partial charge in [0.15, 0.2) is 34.3 Å². The van der Waals surface area contributed by atoms with Gasteiger partial charge in [-0.25, -0.2) is 19.9 Å². The van der Waals surface area contributed by atoms with Gasteiger partial charge in [-0.05, 0) is 25.7 Å². The van der Waals surface area contributed by atoms with Crippen molar-refractivity contribution in [1.82, 2.24) is 35.5 Å². The highest BCUT2D eigenvalue weighted by molar-refractivity contribution is 6.31. The molecule has 0 bridgehead atoms. The molecule has 0 radical (unpaired) electrons. The fourth-order valence-electron chi connectivity index (χ4n) is 4.99. The van der Waals surface area contributed by atoms with Crippen LogP contribution in [0.2, 0.25) is 5.15 Å². The van der Waals surface area contributed by atoms with Crippen LogP contribution in [0.4, 0.5) is 23.1 Å². The van der Waals surface area contributed by atoms with Crippen molar-refractivity contribution < 1.29 is 9.59 Å². The van der Waals surface area contributed by atoms with Crippen LogP contribution in [0, 0.1) is 0 Å². The van der Waals surface area contributed by atoms with Crippen LogP contribution in [0.1, 0.15) is 48.3 Å². The zero-order chi connectivity index (χ0) is 27.7. The van der Waals surface area contributed by atoms with Crippen LogP contribution in [-0.4, -0.2) is 87.6 Å². The molecule has 39 heavy (non-hydrogen) atoms. The largest absolute Gasteiger partial charge is 0.382 e. The zero-order valence-corrected chi connectivity index (χ0v) is 22.6. The van der Waals surface area contributed by atoms with E-state index in [2.05, 4.69) is 35.6 Å². The molecule has 0 saturated carbocycles. The third kappa shape index (κ3) is 5.55. The summed E-state index contributed by atoms with van der Waals surface area (Å²) < 4.78 is 0. The minimum absolute atomic E-state index is 0.0476. The monoisotopic (exact) mass is 554 g/mol. The van der Waals surface area contributed by atoms with Gasteiger partial charge in [0.25, 0.3) is 5.91 Å². The lowest BCUT2D eigenvalue weighted by Gasteiger charge is -2.39. The number of halogens is 1. The van der Waals surface area contributed by atoms with Crippen molar-refractivity contribution in [2.24, 2.45) is 9.98 Å². The second-order valence-electron chi connectivity index (χ2n) is 10.1. The number of rotatable bonds is 6. The molecule has 1 fully saturated rings. The van der Waals surface area contributed by atoms with Crippen LogP contribution >= 0.6 is 11.6 Å². The Bertz CT molecular complexity index is 1370. The van der Waals surface area contributed by atoms with Crippen molar-refractivity contribution >= 4 is 58.2 Å².